The summed E-state index contributed by atoms with van der Waals surface area (Å²) in [6.07, 6.45) is 2.28. The molecule has 2 heterocycles. The van der Waals surface area contributed by atoms with Crippen molar-refractivity contribution in [3.8, 4) is 17.1 Å². The molecule has 1 aliphatic carbocycles. The number of carbonyl (C=O) groups excluding carboxylic acids is 1. The Hall–Kier alpha value is -3.41. The molecule has 3 aromatic rings. The number of nitrogens with one attached hydrogen (secondary N) is 1. The second kappa shape index (κ2) is 7.69. The van der Waals surface area contributed by atoms with Gasteiger partial charge >= 0.3 is 0 Å². The Morgan fingerprint density at radius 1 is 1.10 bits per heavy atom. The number of Topliss-reactive ketones (excluding diaryl/α,β-unsaturated/α-hetero) is 1. The van der Waals surface area contributed by atoms with E-state index in [1.165, 1.54) is 5.56 Å². The molecule has 2 aromatic carbocycles. The third-order valence-electron chi connectivity index (χ3n) is 6.13. The van der Waals surface area contributed by atoms with Crippen LogP contribution in [0.3, 0.4) is 0 Å². The Morgan fingerprint density at radius 3 is 2.61 bits per heavy atom. The molecule has 0 saturated carbocycles. The number of benzene rings is 2. The number of nitrogens with zero attached hydrogens (tertiary/aromatic N) is 3. The molecule has 0 amide bonds. The molecule has 5 rings (SSSR count). The second-order valence-electron chi connectivity index (χ2n) is 8.42. The van der Waals surface area contributed by atoms with Gasteiger partial charge in [-0.25, -0.2) is 4.68 Å². The number of allylic oxidation sites excluding steroid dienone is 2. The van der Waals surface area contributed by atoms with Crippen LogP contribution in [0.15, 0.2) is 59.8 Å². The number of para-hydroxylation sites is 1. The van der Waals surface area contributed by atoms with Gasteiger partial charge in [-0.05, 0) is 42.0 Å². The van der Waals surface area contributed by atoms with Crippen LogP contribution < -0.4 is 10.1 Å². The van der Waals surface area contributed by atoms with Crippen LogP contribution in [0.5, 0.6) is 5.75 Å². The summed E-state index contributed by atoms with van der Waals surface area (Å²) in [6, 6.07) is 16.0. The second-order valence-corrected chi connectivity index (χ2v) is 8.42. The van der Waals surface area contributed by atoms with Crippen molar-refractivity contribution < 1.29 is 9.53 Å². The summed E-state index contributed by atoms with van der Waals surface area (Å²) in [7, 11) is 1.64. The van der Waals surface area contributed by atoms with E-state index >= 15 is 0 Å². The zero-order valence-electron chi connectivity index (χ0n) is 18.1. The van der Waals surface area contributed by atoms with Gasteiger partial charge in [0, 0.05) is 17.7 Å². The Kier molecular flexibility index (Phi) is 4.85. The van der Waals surface area contributed by atoms with Gasteiger partial charge in [-0.15, -0.1) is 5.10 Å². The van der Waals surface area contributed by atoms with Crippen LogP contribution >= 0.6 is 0 Å². The summed E-state index contributed by atoms with van der Waals surface area (Å²) in [5.74, 6) is 2.60. The summed E-state index contributed by atoms with van der Waals surface area (Å²) >= 11 is 0. The monoisotopic (exact) mass is 414 g/mol. The number of carbonyl (C=O) groups is 1. The molecule has 0 radical (unpaired) electrons. The number of ketones is 1. The minimum Gasteiger partial charge on any atom is -0.496 e. The molecule has 1 N–H and O–H groups in total. The maximum Gasteiger partial charge on any atom is 0.226 e. The van der Waals surface area contributed by atoms with Gasteiger partial charge in [0.15, 0.2) is 11.6 Å². The van der Waals surface area contributed by atoms with Crippen molar-refractivity contribution in [3.63, 3.8) is 0 Å². The molecule has 6 heteroatoms. The standard InChI is InChI=1S/C25H26N4O2/c1-15(2)16-11-13-17(14-12-16)23-22-19(8-6-9-20(22)30)26-25-27-24(28-29(23)25)18-7-4-5-10-21(18)31-3/h4-5,7,10-15,23H,6,8-9H2,1-3H3,(H,26,27,28). The van der Waals surface area contributed by atoms with Crippen molar-refractivity contribution in [2.45, 2.75) is 45.1 Å². The molecule has 6 nitrogen and oxygen atoms in total. The first-order valence-electron chi connectivity index (χ1n) is 10.8. The van der Waals surface area contributed by atoms with E-state index in [2.05, 4.69) is 43.4 Å². The van der Waals surface area contributed by atoms with Gasteiger partial charge in [0.25, 0.3) is 0 Å². The summed E-state index contributed by atoms with van der Waals surface area (Å²) in [5.41, 5.74) is 4.93. The molecular formula is C25H26N4O2. The highest BCUT2D eigenvalue weighted by Gasteiger charge is 2.37. The molecule has 1 atom stereocenters. The Bertz CT molecular complexity index is 1170. The first-order chi connectivity index (χ1) is 15.1. The van der Waals surface area contributed by atoms with Crippen LogP contribution in [0.2, 0.25) is 0 Å². The van der Waals surface area contributed by atoms with Gasteiger partial charge in [0.1, 0.15) is 11.8 Å². The Morgan fingerprint density at radius 2 is 1.87 bits per heavy atom. The maximum absolute atomic E-state index is 13.0. The third kappa shape index (κ3) is 3.32. The SMILES string of the molecule is COc1ccccc1-c1nc2n(n1)C(c1ccc(C(C)C)cc1)C1=C(CCCC1=O)N2. The minimum absolute atomic E-state index is 0.187. The van der Waals surface area contributed by atoms with Crippen LogP contribution in [-0.2, 0) is 4.79 Å². The number of fused-ring (bicyclic) bond motifs is 1. The van der Waals surface area contributed by atoms with Crippen molar-refractivity contribution in [1.29, 1.82) is 0 Å². The van der Waals surface area contributed by atoms with Gasteiger partial charge in [-0.2, -0.15) is 4.98 Å². The quantitative estimate of drug-likeness (QED) is 0.643. The highest BCUT2D eigenvalue weighted by Crippen LogP contribution is 2.41. The highest BCUT2D eigenvalue weighted by atomic mass is 16.5. The van der Waals surface area contributed by atoms with E-state index in [-0.39, 0.29) is 11.8 Å². The van der Waals surface area contributed by atoms with Crippen molar-refractivity contribution in [3.05, 3.63) is 70.9 Å². The summed E-state index contributed by atoms with van der Waals surface area (Å²) < 4.78 is 7.37. The van der Waals surface area contributed by atoms with Gasteiger partial charge in [-0.3, -0.25) is 4.79 Å². The van der Waals surface area contributed by atoms with E-state index < -0.39 is 0 Å². The van der Waals surface area contributed by atoms with Gasteiger partial charge in [0.2, 0.25) is 5.95 Å². The molecule has 1 unspecified atom stereocenters. The van der Waals surface area contributed by atoms with E-state index in [1.807, 2.05) is 28.9 Å². The van der Waals surface area contributed by atoms with Crippen LogP contribution in [0.1, 0.15) is 56.2 Å². The number of aromatic nitrogens is 3. The molecule has 31 heavy (non-hydrogen) atoms. The number of methoxy groups -OCH3 is 1. The smallest absolute Gasteiger partial charge is 0.226 e. The van der Waals surface area contributed by atoms with E-state index in [0.29, 0.717) is 24.1 Å². The lowest BCUT2D eigenvalue weighted by Gasteiger charge is -2.32. The van der Waals surface area contributed by atoms with Crippen LogP contribution in [0.25, 0.3) is 11.4 Å². The van der Waals surface area contributed by atoms with E-state index in [9.17, 15) is 4.79 Å². The number of rotatable bonds is 4. The molecule has 0 saturated heterocycles. The predicted octanol–water partition coefficient (Wildman–Crippen LogP) is 5.10. The van der Waals surface area contributed by atoms with Crippen molar-refractivity contribution >= 4 is 11.7 Å². The van der Waals surface area contributed by atoms with Crippen molar-refractivity contribution in [2.24, 2.45) is 0 Å². The summed E-state index contributed by atoms with van der Waals surface area (Å²) in [5, 5.41) is 8.24. The number of hydrogen-bond donors (Lipinski definition) is 1. The fourth-order valence-corrected chi connectivity index (χ4v) is 4.47. The van der Waals surface area contributed by atoms with Crippen molar-refractivity contribution in [1.82, 2.24) is 14.8 Å². The molecule has 0 spiro atoms. The Labute approximate surface area is 182 Å². The maximum atomic E-state index is 13.0. The van der Waals surface area contributed by atoms with E-state index in [1.54, 1.807) is 7.11 Å². The zero-order chi connectivity index (χ0) is 21.5. The molecule has 2 aliphatic rings. The fraction of sp³-hybridized carbons (Fsp3) is 0.320. The van der Waals surface area contributed by atoms with Crippen molar-refractivity contribution in [2.75, 3.05) is 12.4 Å². The molecular weight excluding hydrogens is 388 g/mol. The summed E-state index contributed by atoms with van der Waals surface area (Å²) in [6.45, 7) is 4.36. The molecule has 1 aromatic heterocycles. The lowest BCUT2D eigenvalue weighted by atomic mass is 9.85. The van der Waals surface area contributed by atoms with E-state index in [4.69, 9.17) is 14.8 Å². The van der Waals surface area contributed by atoms with Gasteiger partial charge in [0.05, 0.1) is 12.7 Å². The number of anilines is 1. The van der Waals surface area contributed by atoms with Crippen LogP contribution in [0.4, 0.5) is 5.95 Å². The van der Waals surface area contributed by atoms with Crippen LogP contribution in [-0.4, -0.2) is 27.7 Å². The average Bonchev–Trinajstić information content (AvgIpc) is 3.21. The predicted molar refractivity (Wildman–Crippen MR) is 120 cm³/mol. The first-order valence-corrected chi connectivity index (χ1v) is 10.8. The Balaban J connectivity index is 1.65. The average molecular weight is 415 g/mol. The molecule has 1 aliphatic heterocycles. The number of ether oxygens (including phenoxy) is 1. The molecule has 0 bridgehead atoms. The third-order valence-corrected chi connectivity index (χ3v) is 6.13. The topological polar surface area (TPSA) is 69.0 Å². The lowest BCUT2D eigenvalue weighted by Crippen LogP contribution is -2.31. The first kappa shape index (κ1) is 19.5. The summed E-state index contributed by atoms with van der Waals surface area (Å²) in [4.78, 5) is 17.8. The minimum atomic E-state index is -0.281. The van der Waals surface area contributed by atoms with Gasteiger partial charge < -0.3 is 10.1 Å². The lowest BCUT2D eigenvalue weighted by molar-refractivity contribution is -0.116. The normalized spacial score (nSPS) is 17.9. The zero-order valence-corrected chi connectivity index (χ0v) is 18.1. The fourth-order valence-electron chi connectivity index (χ4n) is 4.47. The van der Waals surface area contributed by atoms with Crippen LogP contribution in [0, 0.1) is 0 Å². The van der Waals surface area contributed by atoms with E-state index in [0.717, 1.165) is 41.0 Å². The molecule has 0 fully saturated rings. The largest absolute Gasteiger partial charge is 0.496 e. The number of hydrogen-bond acceptors (Lipinski definition) is 5. The van der Waals surface area contributed by atoms with Gasteiger partial charge in [-0.1, -0.05) is 50.2 Å². The highest BCUT2D eigenvalue weighted by molar-refractivity contribution is 5.99. The molecule has 158 valence electrons.